The van der Waals surface area contributed by atoms with E-state index in [9.17, 15) is 9.59 Å². The second-order valence-corrected chi connectivity index (χ2v) is 6.27. The van der Waals surface area contributed by atoms with Crippen LogP contribution in [0.5, 0.6) is 0 Å². The number of halogens is 2. The Kier molecular flexibility index (Phi) is 5.22. The van der Waals surface area contributed by atoms with Crippen LogP contribution in [0.3, 0.4) is 0 Å². The van der Waals surface area contributed by atoms with E-state index in [4.69, 9.17) is 27.9 Å². The fraction of sp³-hybridized carbons (Fsp3) is 0.375. The summed E-state index contributed by atoms with van der Waals surface area (Å²) < 4.78 is 4.89. The highest BCUT2D eigenvalue weighted by molar-refractivity contribution is 6.42. The van der Waals surface area contributed by atoms with Crippen molar-refractivity contribution in [2.24, 2.45) is 0 Å². The molecule has 0 saturated heterocycles. The molecule has 0 bridgehead atoms. The number of esters is 1. The van der Waals surface area contributed by atoms with E-state index in [1.807, 2.05) is 13.8 Å². The zero-order valence-electron chi connectivity index (χ0n) is 13.3. The monoisotopic (exact) mass is 356 g/mol. The van der Waals surface area contributed by atoms with Crippen molar-refractivity contribution in [1.82, 2.24) is 10.2 Å². The van der Waals surface area contributed by atoms with Crippen LogP contribution in [-0.2, 0) is 9.53 Å². The lowest BCUT2D eigenvalue weighted by Gasteiger charge is -2.37. The molecule has 0 aliphatic carbocycles. The van der Waals surface area contributed by atoms with Gasteiger partial charge in [-0.25, -0.2) is 9.59 Å². The molecule has 0 spiro atoms. The zero-order chi connectivity index (χ0) is 17.3. The van der Waals surface area contributed by atoms with Gasteiger partial charge in [-0.3, -0.25) is 4.90 Å². The molecule has 1 aliphatic rings. The number of amides is 2. The van der Waals surface area contributed by atoms with E-state index >= 15 is 0 Å². The van der Waals surface area contributed by atoms with E-state index in [1.54, 1.807) is 25.1 Å². The van der Waals surface area contributed by atoms with E-state index < -0.39 is 12.0 Å². The van der Waals surface area contributed by atoms with Crippen LogP contribution >= 0.6 is 23.2 Å². The molecule has 1 heterocycles. The van der Waals surface area contributed by atoms with Gasteiger partial charge < -0.3 is 10.1 Å². The van der Waals surface area contributed by atoms with Crippen molar-refractivity contribution in [3.63, 3.8) is 0 Å². The Morgan fingerprint density at radius 1 is 1.35 bits per heavy atom. The lowest BCUT2D eigenvalue weighted by Crippen LogP contribution is -2.50. The van der Waals surface area contributed by atoms with Crippen LogP contribution in [0.4, 0.5) is 4.79 Å². The molecular formula is C16H18Cl2N2O3. The van der Waals surface area contributed by atoms with E-state index in [0.29, 0.717) is 26.9 Å². The standard InChI is InChI=1S/C16H18Cl2N2O3/c1-8(2)20-9(3)12(15(21)23-4)14(19-16(20)22)10-6-5-7-11(17)13(10)18/h5-8,14H,1-4H3,(H,19,22)/t14-/m1/s1. The normalized spacial score (nSPS) is 18.3. The van der Waals surface area contributed by atoms with Gasteiger partial charge in [-0.15, -0.1) is 0 Å². The van der Waals surface area contributed by atoms with Crippen molar-refractivity contribution in [3.05, 3.63) is 45.1 Å². The maximum Gasteiger partial charge on any atom is 0.337 e. The van der Waals surface area contributed by atoms with Crippen LogP contribution in [0.1, 0.15) is 32.4 Å². The van der Waals surface area contributed by atoms with Crippen molar-refractivity contribution in [1.29, 1.82) is 0 Å². The Morgan fingerprint density at radius 3 is 2.57 bits per heavy atom. The van der Waals surface area contributed by atoms with Gasteiger partial charge in [0, 0.05) is 11.7 Å². The maximum absolute atomic E-state index is 12.4. The predicted octanol–water partition coefficient (Wildman–Crippen LogP) is 3.92. The van der Waals surface area contributed by atoms with Crippen molar-refractivity contribution in [2.45, 2.75) is 32.9 Å². The van der Waals surface area contributed by atoms with Gasteiger partial charge in [0.25, 0.3) is 0 Å². The maximum atomic E-state index is 12.4. The van der Waals surface area contributed by atoms with Gasteiger partial charge >= 0.3 is 12.0 Å². The number of benzene rings is 1. The number of carbonyl (C=O) groups is 2. The third-order valence-corrected chi connectivity index (χ3v) is 4.57. The minimum Gasteiger partial charge on any atom is -0.466 e. The zero-order valence-corrected chi connectivity index (χ0v) is 14.8. The Morgan fingerprint density at radius 2 is 2.00 bits per heavy atom. The highest BCUT2D eigenvalue weighted by Crippen LogP contribution is 2.37. The van der Waals surface area contributed by atoms with Crippen LogP contribution in [0.2, 0.25) is 10.0 Å². The van der Waals surface area contributed by atoms with E-state index in [0.717, 1.165) is 0 Å². The van der Waals surface area contributed by atoms with Crippen molar-refractivity contribution >= 4 is 35.2 Å². The van der Waals surface area contributed by atoms with Gasteiger partial charge in [-0.1, -0.05) is 35.3 Å². The molecule has 1 aliphatic heterocycles. The number of carbonyl (C=O) groups excluding carboxylic acids is 2. The second-order valence-electron chi connectivity index (χ2n) is 5.48. The lowest BCUT2D eigenvalue weighted by atomic mass is 9.94. The molecule has 2 amide bonds. The van der Waals surface area contributed by atoms with Crippen LogP contribution in [0.15, 0.2) is 29.5 Å². The number of hydrogen-bond donors (Lipinski definition) is 1. The summed E-state index contributed by atoms with van der Waals surface area (Å²) in [5, 5.41) is 3.46. The molecule has 1 N–H and O–H groups in total. The lowest BCUT2D eigenvalue weighted by molar-refractivity contribution is -0.136. The minimum absolute atomic E-state index is 0.106. The van der Waals surface area contributed by atoms with Gasteiger partial charge in [0.1, 0.15) is 0 Å². The average molecular weight is 357 g/mol. The summed E-state index contributed by atoms with van der Waals surface area (Å²) in [4.78, 5) is 26.2. The fourth-order valence-corrected chi connectivity index (χ4v) is 3.15. The molecule has 23 heavy (non-hydrogen) atoms. The van der Waals surface area contributed by atoms with Gasteiger partial charge in [0.2, 0.25) is 0 Å². The number of nitrogens with zero attached hydrogens (tertiary/aromatic N) is 1. The highest BCUT2D eigenvalue weighted by atomic mass is 35.5. The smallest absolute Gasteiger partial charge is 0.337 e. The first-order chi connectivity index (χ1) is 10.8. The largest absolute Gasteiger partial charge is 0.466 e. The predicted molar refractivity (Wildman–Crippen MR) is 89.4 cm³/mol. The van der Waals surface area contributed by atoms with Crippen LogP contribution in [0, 0.1) is 0 Å². The second kappa shape index (κ2) is 6.81. The highest BCUT2D eigenvalue weighted by Gasteiger charge is 2.38. The molecule has 5 nitrogen and oxygen atoms in total. The molecule has 124 valence electrons. The summed E-state index contributed by atoms with van der Waals surface area (Å²) in [5.74, 6) is -0.519. The van der Waals surface area contributed by atoms with Crippen molar-refractivity contribution in [3.8, 4) is 0 Å². The molecule has 2 rings (SSSR count). The quantitative estimate of drug-likeness (QED) is 0.835. The molecule has 0 unspecified atom stereocenters. The summed E-state index contributed by atoms with van der Waals surface area (Å²) >= 11 is 12.3. The summed E-state index contributed by atoms with van der Waals surface area (Å²) in [7, 11) is 1.30. The van der Waals surface area contributed by atoms with E-state index in [1.165, 1.54) is 12.0 Å². The molecule has 1 aromatic rings. The molecule has 0 fully saturated rings. The third-order valence-electron chi connectivity index (χ3n) is 3.74. The summed E-state index contributed by atoms with van der Waals surface area (Å²) in [6.45, 7) is 5.45. The van der Waals surface area contributed by atoms with Crippen molar-refractivity contribution < 1.29 is 14.3 Å². The first kappa shape index (κ1) is 17.6. The number of ether oxygens (including phenoxy) is 1. The first-order valence-electron chi connectivity index (χ1n) is 7.12. The summed E-state index contributed by atoms with van der Waals surface area (Å²) in [6.07, 6.45) is 0. The third kappa shape index (κ3) is 3.16. The Bertz CT molecular complexity index is 686. The molecule has 1 aromatic carbocycles. The van der Waals surface area contributed by atoms with Crippen LogP contribution in [0.25, 0.3) is 0 Å². The molecular weight excluding hydrogens is 339 g/mol. The fourth-order valence-electron chi connectivity index (χ4n) is 2.73. The Balaban J connectivity index is 2.65. The van der Waals surface area contributed by atoms with Crippen molar-refractivity contribution in [2.75, 3.05) is 7.11 Å². The number of hydrogen-bond acceptors (Lipinski definition) is 3. The van der Waals surface area contributed by atoms with E-state index in [2.05, 4.69) is 5.32 Å². The molecule has 1 atom stereocenters. The van der Waals surface area contributed by atoms with Crippen LogP contribution in [-0.4, -0.2) is 30.1 Å². The van der Waals surface area contributed by atoms with Gasteiger partial charge in [0.05, 0.1) is 28.8 Å². The number of methoxy groups -OCH3 is 1. The van der Waals surface area contributed by atoms with Gasteiger partial charge in [-0.2, -0.15) is 0 Å². The first-order valence-corrected chi connectivity index (χ1v) is 7.87. The summed E-state index contributed by atoms with van der Waals surface area (Å²) in [5.41, 5.74) is 1.43. The van der Waals surface area contributed by atoms with E-state index in [-0.39, 0.29) is 12.1 Å². The molecule has 7 heteroatoms. The topological polar surface area (TPSA) is 58.6 Å². The molecule has 0 radical (unpaired) electrons. The van der Waals surface area contributed by atoms with Crippen LogP contribution < -0.4 is 5.32 Å². The SMILES string of the molecule is COC(=O)C1=C(C)N(C(C)C)C(=O)N[C@@H]1c1cccc(Cl)c1Cl. The molecule has 0 saturated carbocycles. The number of allylic oxidation sites excluding steroid dienone is 1. The Labute approximate surface area is 145 Å². The number of nitrogens with one attached hydrogen (secondary N) is 1. The average Bonchev–Trinajstić information content (AvgIpc) is 2.48. The van der Waals surface area contributed by atoms with Gasteiger partial charge in [0.15, 0.2) is 0 Å². The number of rotatable bonds is 3. The number of urea groups is 1. The molecule has 0 aromatic heterocycles. The Hall–Kier alpha value is -1.72. The summed E-state index contributed by atoms with van der Waals surface area (Å²) in [6, 6.07) is 3.97. The minimum atomic E-state index is -0.712. The van der Waals surface area contributed by atoms with Gasteiger partial charge in [-0.05, 0) is 32.4 Å².